The maximum Gasteiger partial charge on any atom is 0.246 e. The fraction of sp³-hybridized carbons (Fsp3) is 0.500. The van der Waals surface area contributed by atoms with Gasteiger partial charge >= 0.3 is 0 Å². The molecule has 5 nitrogen and oxygen atoms in total. The standard InChI is InChI=1S/C12H18N4O/c1-9(10-7-13-8-10)12(17)14-5-3-11-4-6-15-16(11)2/h4,6,13H,3,5,7-8H2,1-2H3,(H,14,17). The van der Waals surface area contributed by atoms with Gasteiger partial charge in [0.25, 0.3) is 0 Å². The van der Waals surface area contributed by atoms with Gasteiger partial charge in [-0.1, -0.05) is 0 Å². The number of nitrogens with one attached hydrogen (secondary N) is 2. The number of aryl methyl sites for hydroxylation is 1. The molecule has 2 N–H and O–H groups in total. The predicted octanol–water partition coefficient (Wildman–Crippen LogP) is -0.00150. The van der Waals surface area contributed by atoms with Gasteiger partial charge in [-0.2, -0.15) is 5.10 Å². The van der Waals surface area contributed by atoms with Crippen LogP contribution in [0.1, 0.15) is 12.6 Å². The fourth-order valence-electron chi connectivity index (χ4n) is 1.76. The lowest BCUT2D eigenvalue weighted by Gasteiger charge is -2.21. The van der Waals surface area contributed by atoms with E-state index in [-0.39, 0.29) is 5.91 Å². The number of hydrogen-bond donors (Lipinski definition) is 2. The van der Waals surface area contributed by atoms with E-state index in [0.717, 1.165) is 30.8 Å². The van der Waals surface area contributed by atoms with E-state index in [1.165, 1.54) is 5.57 Å². The van der Waals surface area contributed by atoms with Gasteiger partial charge in [-0.25, -0.2) is 0 Å². The van der Waals surface area contributed by atoms with Crippen LogP contribution in [0, 0.1) is 0 Å². The lowest BCUT2D eigenvalue weighted by molar-refractivity contribution is -0.117. The van der Waals surface area contributed by atoms with Crippen molar-refractivity contribution in [3.8, 4) is 0 Å². The van der Waals surface area contributed by atoms with Gasteiger partial charge in [0.15, 0.2) is 0 Å². The smallest absolute Gasteiger partial charge is 0.246 e. The van der Waals surface area contributed by atoms with Crippen molar-refractivity contribution in [2.75, 3.05) is 19.6 Å². The summed E-state index contributed by atoms with van der Waals surface area (Å²) < 4.78 is 1.83. The maximum absolute atomic E-state index is 11.8. The number of aromatic nitrogens is 2. The highest BCUT2D eigenvalue weighted by molar-refractivity contribution is 5.93. The summed E-state index contributed by atoms with van der Waals surface area (Å²) in [5.41, 5.74) is 3.19. The minimum atomic E-state index is 0.0451. The predicted molar refractivity (Wildman–Crippen MR) is 65.5 cm³/mol. The highest BCUT2D eigenvalue weighted by atomic mass is 16.1. The Labute approximate surface area is 101 Å². The van der Waals surface area contributed by atoms with Crippen LogP contribution in [-0.2, 0) is 18.3 Å². The number of rotatable bonds is 4. The molecule has 0 spiro atoms. The summed E-state index contributed by atoms with van der Waals surface area (Å²) in [6, 6.07) is 1.97. The Bertz CT molecular complexity index is 441. The molecule has 0 radical (unpaired) electrons. The molecule has 2 rings (SSSR count). The first kappa shape index (κ1) is 11.9. The molecular weight excluding hydrogens is 216 g/mol. The summed E-state index contributed by atoms with van der Waals surface area (Å²) in [6.45, 7) is 4.23. The molecule has 92 valence electrons. The van der Waals surface area contributed by atoms with Gasteiger partial charge < -0.3 is 10.6 Å². The van der Waals surface area contributed by atoms with E-state index in [2.05, 4.69) is 15.7 Å². The Morgan fingerprint density at radius 1 is 1.59 bits per heavy atom. The molecule has 1 aromatic heterocycles. The van der Waals surface area contributed by atoms with Crippen molar-refractivity contribution in [1.82, 2.24) is 20.4 Å². The van der Waals surface area contributed by atoms with Crippen LogP contribution in [0.25, 0.3) is 0 Å². The average molecular weight is 234 g/mol. The van der Waals surface area contributed by atoms with Crippen LogP contribution in [0.3, 0.4) is 0 Å². The first-order valence-corrected chi connectivity index (χ1v) is 5.83. The summed E-state index contributed by atoms with van der Waals surface area (Å²) in [4.78, 5) is 11.8. The molecule has 0 bridgehead atoms. The van der Waals surface area contributed by atoms with E-state index in [9.17, 15) is 4.79 Å². The lowest BCUT2D eigenvalue weighted by Crippen LogP contribution is -2.38. The lowest BCUT2D eigenvalue weighted by atomic mass is 10.0. The van der Waals surface area contributed by atoms with Crippen LogP contribution in [0.5, 0.6) is 0 Å². The molecule has 0 aromatic carbocycles. The average Bonchev–Trinajstić information content (AvgIpc) is 2.61. The third kappa shape index (κ3) is 2.74. The van der Waals surface area contributed by atoms with Crippen molar-refractivity contribution < 1.29 is 4.79 Å². The Kier molecular flexibility index (Phi) is 3.58. The molecule has 17 heavy (non-hydrogen) atoms. The Morgan fingerprint density at radius 2 is 2.35 bits per heavy atom. The molecule has 1 saturated heterocycles. The van der Waals surface area contributed by atoms with Gasteiger partial charge in [0.05, 0.1) is 0 Å². The van der Waals surface area contributed by atoms with Gasteiger partial charge in [0.1, 0.15) is 0 Å². The Morgan fingerprint density at radius 3 is 2.88 bits per heavy atom. The molecule has 1 aliphatic rings. The van der Waals surface area contributed by atoms with Crippen LogP contribution < -0.4 is 10.6 Å². The topological polar surface area (TPSA) is 59.0 Å². The minimum absolute atomic E-state index is 0.0451. The second-order valence-corrected chi connectivity index (χ2v) is 4.28. The summed E-state index contributed by atoms with van der Waals surface area (Å²) in [6.07, 6.45) is 2.58. The zero-order chi connectivity index (χ0) is 12.3. The van der Waals surface area contributed by atoms with Gasteiger partial charge in [-0.05, 0) is 18.6 Å². The minimum Gasteiger partial charge on any atom is -0.352 e. The molecule has 0 saturated carbocycles. The zero-order valence-electron chi connectivity index (χ0n) is 10.3. The first-order chi connectivity index (χ1) is 8.18. The molecule has 1 aromatic rings. The molecule has 2 heterocycles. The van der Waals surface area contributed by atoms with E-state index in [0.29, 0.717) is 6.54 Å². The van der Waals surface area contributed by atoms with Crippen molar-refractivity contribution in [2.24, 2.45) is 7.05 Å². The van der Waals surface area contributed by atoms with E-state index < -0.39 is 0 Å². The second-order valence-electron chi connectivity index (χ2n) is 4.28. The maximum atomic E-state index is 11.8. The normalized spacial score (nSPS) is 14.4. The second kappa shape index (κ2) is 5.14. The Hall–Kier alpha value is -1.62. The molecule has 1 amide bonds. The highest BCUT2D eigenvalue weighted by Crippen LogP contribution is 2.08. The number of hydrogen-bond acceptors (Lipinski definition) is 3. The quantitative estimate of drug-likeness (QED) is 0.721. The zero-order valence-corrected chi connectivity index (χ0v) is 10.3. The molecule has 0 aliphatic carbocycles. The molecule has 1 fully saturated rings. The monoisotopic (exact) mass is 234 g/mol. The van der Waals surface area contributed by atoms with Gasteiger partial charge in [-0.15, -0.1) is 0 Å². The molecular formula is C12H18N4O. The summed E-state index contributed by atoms with van der Waals surface area (Å²) >= 11 is 0. The van der Waals surface area contributed by atoms with Gasteiger partial charge in [-0.3, -0.25) is 9.48 Å². The number of carbonyl (C=O) groups is 1. The summed E-state index contributed by atoms with van der Waals surface area (Å²) in [7, 11) is 1.91. The van der Waals surface area contributed by atoms with Crippen LogP contribution in [0.4, 0.5) is 0 Å². The highest BCUT2D eigenvalue weighted by Gasteiger charge is 2.15. The molecule has 1 aliphatic heterocycles. The van der Waals surface area contributed by atoms with E-state index in [1.807, 2.05) is 24.7 Å². The van der Waals surface area contributed by atoms with Crippen molar-refractivity contribution in [3.05, 3.63) is 29.1 Å². The summed E-state index contributed by atoms with van der Waals surface area (Å²) in [5, 5.41) is 10.2. The van der Waals surface area contributed by atoms with E-state index in [4.69, 9.17) is 0 Å². The van der Waals surface area contributed by atoms with E-state index >= 15 is 0 Å². The van der Waals surface area contributed by atoms with Crippen LogP contribution >= 0.6 is 0 Å². The van der Waals surface area contributed by atoms with Crippen molar-refractivity contribution in [3.63, 3.8) is 0 Å². The van der Waals surface area contributed by atoms with Gasteiger partial charge in [0.2, 0.25) is 5.91 Å². The summed E-state index contributed by atoms with van der Waals surface area (Å²) in [5.74, 6) is 0.0451. The van der Waals surface area contributed by atoms with Crippen molar-refractivity contribution in [2.45, 2.75) is 13.3 Å². The number of amides is 1. The van der Waals surface area contributed by atoms with Crippen LogP contribution in [-0.4, -0.2) is 35.3 Å². The number of carbonyl (C=O) groups excluding carboxylic acids is 1. The molecule has 0 atom stereocenters. The first-order valence-electron chi connectivity index (χ1n) is 5.83. The largest absolute Gasteiger partial charge is 0.352 e. The van der Waals surface area contributed by atoms with Crippen molar-refractivity contribution >= 4 is 5.91 Å². The van der Waals surface area contributed by atoms with E-state index in [1.54, 1.807) is 6.20 Å². The molecule has 5 heteroatoms. The Balaban J connectivity index is 1.79. The molecule has 0 unspecified atom stereocenters. The third-order valence-corrected chi connectivity index (χ3v) is 3.14. The fourth-order valence-corrected chi connectivity index (χ4v) is 1.76. The van der Waals surface area contributed by atoms with Gasteiger partial charge in [0, 0.05) is 50.6 Å². The third-order valence-electron chi connectivity index (χ3n) is 3.14. The number of nitrogens with zero attached hydrogens (tertiary/aromatic N) is 2. The SMILES string of the molecule is CC(C(=O)NCCc1ccnn1C)=C1CNC1. The van der Waals surface area contributed by atoms with Crippen LogP contribution in [0.15, 0.2) is 23.4 Å². The van der Waals surface area contributed by atoms with Crippen LogP contribution in [0.2, 0.25) is 0 Å². The van der Waals surface area contributed by atoms with Crippen molar-refractivity contribution in [1.29, 1.82) is 0 Å².